The average Bonchev–Trinajstić information content (AvgIpc) is 3.17. The Morgan fingerprint density at radius 3 is 2.89 bits per heavy atom. The van der Waals surface area contributed by atoms with Crippen molar-refractivity contribution >= 4 is 5.69 Å². The average molecular weight is 253 g/mol. The van der Waals surface area contributed by atoms with E-state index in [4.69, 9.17) is 0 Å². The van der Waals surface area contributed by atoms with Gasteiger partial charge in [-0.15, -0.1) is 0 Å². The highest BCUT2D eigenvalue weighted by atomic mass is 15.3. The lowest BCUT2D eigenvalue weighted by molar-refractivity contribution is 0.440. The third-order valence-electron chi connectivity index (χ3n) is 4.71. The molecule has 0 radical (unpaired) electrons. The minimum atomic E-state index is 0.687. The molecule has 4 rings (SSSR count). The number of rotatable bonds is 3. The highest BCUT2D eigenvalue weighted by Crippen LogP contribution is 2.45. The Morgan fingerprint density at radius 2 is 2.16 bits per heavy atom. The van der Waals surface area contributed by atoms with Gasteiger partial charge >= 0.3 is 0 Å². The van der Waals surface area contributed by atoms with E-state index in [1.165, 1.54) is 31.4 Å². The SMILES string of the molecule is c1cc(NC2CC3CCC2C3)cc(-n2cccn2)c1. The minimum Gasteiger partial charge on any atom is -0.382 e. The van der Waals surface area contributed by atoms with E-state index in [0.29, 0.717) is 6.04 Å². The van der Waals surface area contributed by atoms with Crippen molar-refractivity contribution in [2.24, 2.45) is 11.8 Å². The fraction of sp³-hybridized carbons (Fsp3) is 0.438. The topological polar surface area (TPSA) is 29.9 Å². The Kier molecular flexibility index (Phi) is 2.57. The van der Waals surface area contributed by atoms with Crippen molar-refractivity contribution in [1.82, 2.24) is 9.78 Å². The highest BCUT2D eigenvalue weighted by molar-refractivity contribution is 5.51. The number of benzene rings is 1. The van der Waals surface area contributed by atoms with Crippen LogP contribution >= 0.6 is 0 Å². The first-order valence-electron chi connectivity index (χ1n) is 7.25. The van der Waals surface area contributed by atoms with Crippen LogP contribution < -0.4 is 5.32 Å². The molecular weight excluding hydrogens is 234 g/mol. The van der Waals surface area contributed by atoms with E-state index in [0.717, 1.165) is 17.5 Å². The smallest absolute Gasteiger partial charge is 0.0666 e. The second-order valence-corrected chi connectivity index (χ2v) is 5.93. The summed E-state index contributed by atoms with van der Waals surface area (Å²) in [5, 5.41) is 8.02. The van der Waals surface area contributed by atoms with Crippen molar-refractivity contribution < 1.29 is 0 Å². The second kappa shape index (κ2) is 4.41. The van der Waals surface area contributed by atoms with Crippen LogP contribution in [0.3, 0.4) is 0 Å². The van der Waals surface area contributed by atoms with Crippen LogP contribution in [0.15, 0.2) is 42.7 Å². The molecule has 0 amide bonds. The lowest BCUT2D eigenvalue weighted by Crippen LogP contribution is -2.25. The van der Waals surface area contributed by atoms with Gasteiger partial charge in [0.15, 0.2) is 0 Å². The molecule has 0 spiro atoms. The van der Waals surface area contributed by atoms with Crippen molar-refractivity contribution in [3.8, 4) is 5.69 Å². The van der Waals surface area contributed by atoms with Crippen LogP contribution in [0.25, 0.3) is 5.69 Å². The molecule has 1 N–H and O–H groups in total. The van der Waals surface area contributed by atoms with Crippen LogP contribution in [0, 0.1) is 11.8 Å². The maximum absolute atomic E-state index is 4.29. The van der Waals surface area contributed by atoms with E-state index in [1.54, 1.807) is 0 Å². The van der Waals surface area contributed by atoms with E-state index in [9.17, 15) is 0 Å². The third kappa shape index (κ3) is 2.03. The zero-order chi connectivity index (χ0) is 12.7. The fourth-order valence-electron chi connectivity index (χ4n) is 3.80. The molecule has 3 atom stereocenters. The summed E-state index contributed by atoms with van der Waals surface area (Å²) in [6, 6.07) is 11.2. The van der Waals surface area contributed by atoms with Crippen molar-refractivity contribution in [3.63, 3.8) is 0 Å². The van der Waals surface area contributed by atoms with E-state index in [2.05, 4.69) is 34.7 Å². The molecule has 2 fully saturated rings. The minimum absolute atomic E-state index is 0.687. The van der Waals surface area contributed by atoms with Gasteiger partial charge in [-0.25, -0.2) is 4.68 Å². The Balaban J connectivity index is 1.54. The van der Waals surface area contributed by atoms with Gasteiger partial charge in [-0.1, -0.05) is 12.5 Å². The molecule has 3 heteroatoms. The largest absolute Gasteiger partial charge is 0.382 e. The summed E-state index contributed by atoms with van der Waals surface area (Å²) in [4.78, 5) is 0. The normalized spacial score (nSPS) is 28.7. The van der Waals surface area contributed by atoms with Gasteiger partial charge in [0.25, 0.3) is 0 Å². The molecular formula is C16H19N3. The zero-order valence-electron chi connectivity index (χ0n) is 11.0. The molecule has 2 aliphatic carbocycles. The second-order valence-electron chi connectivity index (χ2n) is 5.93. The van der Waals surface area contributed by atoms with Crippen molar-refractivity contribution in [3.05, 3.63) is 42.7 Å². The van der Waals surface area contributed by atoms with Gasteiger partial charge in [0.05, 0.1) is 5.69 Å². The quantitative estimate of drug-likeness (QED) is 0.907. The van der Waals surface area contributed by atoms with Crippen LogP contribution in [0.1, 0.15) is 25.7 Å². The van der Waals surface area contributed by atoms with E-state index < -0.39 is 0 Å². The molecule has 0 saturated heterocycles. The molecule has 2 bridgehead atoms. The molecule has 3 nitrogen and oxygen atoms in total. The molecule has 1 aromatic heterocycles. The van der Waals surface area contributed by atoms with E-state index >= 15 is 0 Å². The molecule has 3 unspecified atom stereocenters. The van der Waals surface area contributed by atoms with Gasteiger partial charge in [-0.3, -0.25) is 0 Å². The summed E-state index contributed by atoms with van der Waals surface area (Å²) < 4.78 is 1.91. The Bertz CT molecular complexity index is 561. The molecule has 0 aliphatic heterocycles. The van der Waals surface area contributed by atoms with Crippen LogP contribution in [0.2, 0.25) is 0 Å². The lowest BCUT2D eigenvalue weighted by atomic mass is 9.95. The van der Waals surface area contributed by atoms with Gasteiger partial charge in [-0.2, -0.15) is 5.10 Å². The van der Waals surface area contributed by atoms with Crippen LogP contribution in [-0.2, 0) is 0 Å². The van der Waals surface area contributed by atoms with E-state index in [-0.39, 0.29) is 0 Å². The van der Waals surface area contributed by atoms with Gasteiger partial charge in [0.1, 0.15) is 0 Å². The van der Waals surface area contributed by atoms with Gasteiger partial charge in [-0.05, 0) is 55.4 Å². The fourth-order valence-corrected chi connectivity index (χ4v) is 3.80. The number of nitrogens with one attached hydrogen (secondary N) is 1. The number of hydrogen-bond donors (Lipinski definition) is 1. The summed E-state index contributed by atoms with van der Waals surface area (Å²) >= 11 is 0. The number of anilines is 1. The Hall–Kier alpha value is -1.77. The molecule has 2 aromatic rings. The molecule has 2 aliphatic rings. The first-order valence-corrected chi connectivity index (χ1v) is 7.25. The zero-order valence-corrected chi connectivity index (χ0v) is 11.0. The van der Waals surface area contributed by atoms with Crippen molar-refractivity contribution in [1.29, 1.82) is 0 Å². The highest BCUT2D eigenvalue weighted by Gasteiger charge is 2.39. The van der Waals surface area contributed by atoms with Crippen LogP contribution in [0.4, 0.5) is 5.69 Å². The summed E-state index contributed by atoms with van der Waals surface area (Å²) in [6.45, 7) is 0. The molecule has 19 heavy (non-hydrogen) atoms. The van der Waals surface area contributed by atoms with Gasteiger partial charge in [0.2, 0.25) is 0 Å². The number of hydrogen-bond acceptors (Lipinski definition) is 2. The van der Waals surface area contributed by atoms with Crippen LogP contribution in [-0.4, -0.2) is 15.8 Å². The first-order chi connectivity index (χ1) is 9.38. The summed E-state index contributed by atoms with van der Waals surface area (Å²) in [6.07, 6.45) is 9.47. The maximum atomic E-state index is 4.29. The van der Waals surface area contributed by atoms with Gasteiger partial charge < -0.3 is 5.32 Å². The monoisotopic (exact) mass is 253 g/mol. The first kappa shape index (κ1) is 11.1. The van der Waals surface area contributed by atoms with Crippen molar-refractivity contribution in [2.45, 2.75) is 31.7 Å². The summed E-state index contributed by atoms with van der Waals surface area (Å²) in [7, 11) is 0. The summed E-state index contributed by atoms with van der Waals surface area (Å²) in [5.41, 5.74) is 2.35. The van der Waals surface area contributed by atoms with Gasteiger partial charge in [0, 0.05) is 24.1 Å². The Labute approximate surface area is 113 Å². The number of fused-ring (bicyclic) bond motifs is 2. The van der Waals surface area contributed by atoms with Crippen molar-refractivity contribution in [2.75, 3.05) is 5.32 Å². The third-order valence-corrected chi connectivity index (χ3v) is 4.71. The lowest BCUT2D eigenvalue weighted by Gasteiger charge is -2.24. The van der Waals surface area contributed by atoms with E-state index in [1.807, 2.05) is 23.1 Å². The number of aromatic nitrogens is 2. The summed E-state index contributed by atoms with van der Waals surface area (Å²) in [5.74, 6) is 1.88. The molecule has 1 aromatic carbocycles. The Morgan fingerprint density at radius 1 is 1.16 bits per heavy atom. The molecule has 2 saturated carbocycles. The number of nitrogens with zero attached hydrogens (tertiary/aromatic N) is 2. The maximum Gasteiger partial charge on any atom is 0.0666 e. The molecule has 1 heterocycles. The van der Waals surface area contributed by atoms with Crippen LogP contribution in [0.5, 0.6) is 0 Å². The predicted molar refractivity (Wildman–Crippen MR) is 76.4 cm³/mol. The standard InChI is InChI=1S/C16H19N3/c1-3-14(11-15(4-1)19-8-2-7-17-19)18-16-10-12-5-6-13(16)9-12/h1-4,7-8,11-13,16,18H,5-6,9-10H2. The molecule has 98 valence electrons. The predicted octanol–water partition coefficient (Wildman–Crippen LogP) is 3.47.